The van der Waals surface area contributed by atoms with E-state index in [4.69, 9.17) is 10.3 Å². The number of aryl methyl sites for hydroxylation is 1. The fourth-order valence-electron chi connectivity index (χ4n) is 4.41. The zero-order chi connectivity index (χ0) is 24.2. The molecule has 0 amide bonds. The number of benzene rings is 1. The molecule has 1 aromatic carbocycles. The first kappa shape index (κ1) is 23.7. The van der Waals surface area contributed by atoms with Crippen LogP contribution >= 0.6 is 0 Å². The van der Waals surface area contributed by atoms with Gasteiger partial charge in [0.1, 0.15) is 18.4 Å². The molecule has 2 aliphatic heterocycles. The number of anilines is 1. The molecule has 2 saturated heterocycles. The first-order valence-electron chi connectivity index (χ1n) is 11.1. The van der Waals surface area contributed by atoms with E-state index in [1.807, 2.05) is 35.2 Å². The number of ketones is 1. The van der Waals surface area contributed by atoms with Crippen LogP contribution in [0.1, 0.15) is 18.2 Å². The molecule has 12 nitrogen and oxygen atoms in total. The first-order chi connectivity index (χ1) is 16.4. The van der Waals surface area contributed by atoms with Crippen LogP contribution in [0.15, 0.2) is 51.2 Å². The second-order valence-corrected chi connectivity index (χ2v) is 8.55. The SMILES string of the molecule is Cc1cn([C@H]2CC(N=[N+]=[N-])[C@@H](C(O)C(=O)CN3CCN(c4ccccc4)CC3)O2)c(=O)[nH]c1=O. The van der Waals surface area contributed by atoms with E-state index >= 15 is 0 Å². The molecule has 3 heterocycles. The van der Waals surface area contributed by atoms with Crippen molar-refractivity contribution in [2.24, 2.45) is 5.11 Å². The van der Waals surface area contributed by atoms with Crippen LogP contribution in [0.5, 0.6) is 0 Å². The maximum atomic E-state index is 12.9. The van der Waals surface area contributed by atoms with Crippen molar-refractivity contribution in [2.45, 2.75) is 37.8 Å². The summed E-state index contributed by atoms with van der Waals surface area (Å²) in [6.45, 7) is 4.41. The van der Waals surface area contributed by atoms with Crippen molar-refractivity contribution in [3.8, 4) is 0 Å². The van der Waals surface area contributed by atoms with Crippen LogP contribution in [0.4, 0.5) is 5.69 Å². The average molecular weight is 470 g/mol. The molecule has 2 fully saturated rings. The summed E-state index contributed by atoms with van der Waals surface area (Å²) in [6.07, 6.45) is -2.08. The molecule has 0 spiro atoms. The Labute approximate surface area is 195 Å². The van der Waals surface area contributed by atoms with Gasteiger partial charge in [0.25, 0.3) is 5.56 Å². The van der Waals surface area contributed by atoms with Crippen LogP contribution in [-0.4, -0.2) is 76.3 Å². The highest BCUT2D eigenvalue weighted by Gasteiger charge is 2.43. The molecule has 12 heteroatoms. The summed E-state index contributed by atoms with van der Waals surface area (Å²) in [5, 5.41) is 14.4. The Morgan fingerprint density at radius 1 is 1.26 bits per heavy atom. The summed E-state index contributed by atoms with van der Waals surface area (Å²) in [7, 11) is 0. The summed E-state index contributed by atoms with van der Waals surface area (Å²) in [6, 6.07) is 9.18. The second-order valence-electron chi connectivity index (χ2n) is 8.55. The number of azide groups is 1. The normalized spacial score (nSPS) is 23.9. The Hall–Kier alpha value is -3.44. The number of aromatic nitrogens is 2. The Balaban J connectivity index is 1.40. The highest BCUT2D eigenvalue weighted by atomic mass is 16.5. The van der Waals surface area contributed by atoms with Gasteiger partial charge in [-0.1, -0.05) is 23.3 Å². The van der Waals surface area contributed by atoms with E-state index < -0.39 is 41.5 Å². The summed E-state index contributed by atoms with van der Waals surface area (Å²) in [5.41, 5.74) is 9.18. The highest BCUT2D eigenvalue weighted by molar-refractivity contribution is 5.85. The molecule has 180 valence electrons. The van der Waals surface area contributed by atoms with Crippen molar-refractivity contribution >= 4 is 11.5 Å². The van der Waals surface area contributed by atoms with Crippen LogP contribution in [0.25, 0.3) is 10.4 Å². The lowest BCUT2D eigenvalue weighted by atomic mass is 10.0. The number of ether oxygens (including phenoxy) is 1. The van der Waals surface area contributed by atoms with E-state index in [0.717, 1.165) is 18.8 Å². The number of H-pyrrole nitrogens is 1. The maximum absolute atomic E-state index is 12.9. The molecule has 2 N–H and O–H groups in total. The molecule has 2 aromatic rings. The summed E-state index contributed by atoms with van der Waals surface area (Å²) >= 11 is 0. The second kappa shape index (κ2) is 10.2. The molecule has 2 aliphatic rings. The number of carbonyl (C=O) groups excluding carboxylic acids is 1. The van der Waals surface area contributed by atoms with Crippen molar-refractivity contribution in [1.29, 1.82) is 0 Å². The van der Waals surface area contributed by atoms with Crippen LogP contribution in [0.3, 0.4) is 0 Å². The van der Waals surface area contributed by atoms with Gasteiger partial charge in [0.15, 0.2) is 5.78 Å². The number of hydrogen-bond donors (Lipinski definition) is 2. The molecular weight excluding hydrogens is 442 g/mol. The Bertz CT molecular complexity index is 1180. The van der Waals surface area contributed by atoms with Gasteiger partial charge in [0.05, 0.1) is 12.6 Å². The lowest BCUT2D eigenvalue weighted by Crippen LogP contribution is -2.51. The lowest BCUT2D eigenvalue weighted by molar-refractivity contribution is -0.138. The zero-order valence-corrected chi connectivity index (χ0v) is 18.8. The van der Waals surface area contributed by atoms with Gasteiger partial charge in [-0.3, -0.25) is 24.0 Å². The summed E-state index contributed by atoms with van der Waals surface area (Å²) in [4.78, 5) is 46.0. The molecule has 0 saturated carbocycles. The van der Waals surface area contributed by atoms with E-state index in [9.17, 15) is 19.5 Å². The number of aliphatic hydroxyl groups is 1. The van der Waals surface area contributed by atoms with Crippen molar-refractivity contribution in [1.82, 2.24) is 14.5 Å². The third-order valence-electron chi connectivity index (χ3n) is 6.31. The molecule has 1 aromatic heterocycles. The fraction of sp³-hybridized carbons (Fsp3) is 0.500. The van der Waals surface area contributed by atoms with Crippen LogP contribution in [0, 0.1) is 6.92 Å². The molecule has 34 heavy (non-hydrogen) atoms. The number of nitrogens with one attached hydrogen (secondary N) is 1. The molecular formula is C22H27N7O5. The number of piperazine rings is 1. The van der Waals surface area contributed by atoms with Crippen LogP contribution < -0.4 is 16.1 Å². The first-order valence-corrected chi connectivity index (χ1v) is 11.1. The van der Waals surface area contributed by atoms with E-state index in [1.54, 1.807) is 6.92 Å². The van der Waals surface area contributed by atoms with Crippen LogP contribution in [-0.2, 0) is 9.53 Å². The van der Waals surface area contributed by atoms with Crippen molar-refractivity contribution < 1.29 is 14.6 Å². The molecule has 4 atom stereocenters. The summed E-state index contributed by atoms with van der Waals surface area (Å²) in [5.74, 6) is -0.443. The fourth-order valence-corrected chi connectivity index (χ4v) is 4.41. The lowest BCUT2D eigenvalue weighted by Gasteiger charge is -2.36. The molecule has 0 bridgehead atoms. The minimum Gasteiger partial charge on any atom is -0.383 e. The van der Waals surface area contributed by atoms with Gasteiger partial charge in [-0.25, -0.2) is 4.79 Å². The van der Waals surface area contributed by atoms with Gasteiger partial charge in [0, 0.05) is 55.0 Å². The third kappa shape index (κ3) is 5.05. The zero-order valence-electron chi connectivity index (χ0n) is 18.8. The largest absolute Gasteiger partial charge is 0.383 e. The maximum Gasteiger partial charge on any atom is 0.330 e. The molecule has 0 aliphatic carbocycles. The number of hydrogen-bond acceptors (Lipinski definition) is 8. The van der Waals surface area contributed by atoms with Gasteiger partial charge in [-0.2, -0.15) is 0 Å². The van der Waals surface area contributed by atoms with Crippen molar-refractivity contribution in [3.05, 3.63) is 73.4 Å². The molecule has 4 rings (SSSR count). The molecule has 2 unspecified atom stereocenters. The minimum atomic E-state index is -1.52. The van der Waals surface area contributed by atoms with E-state index in [1.165, 1.54) is 10.8 Å². The topological polar surface area (TPSA) is 157 Å². The number of para-hydroxylation sites is 1. The van der Waals surface area contributed by atoms with E-state index in [2.05, 4.69) is 19.9 Å². The number of rotatable bonds is 7. The average Bonchev–Trinajstić information content (AvgIpc) is 3.25. The quantitative estimate of drug-likeness (QED) is 0.341. The standard InChI is InChI=1S/C22H27N7O5/c1-14-12-29(22(33)24-21(14)32)18-11-16(25-26-23)20(34-18)19(31)17(30)13-27-7-9-28(10-8-27)15-5-3-2-4-6-15/h2-6,12,16,18-20,31H,7-11,13H2,1H3,(H,24,32,33)/t16?,18-,19?,20+/m1/s1. The number of aliphatic hydroxyl groups excluding tert-OH is 1. The van der Waals surface area contributed by atoms with E-state index in [0.29, 0.717) is 18.7 Å². The predicted octanol–water partition coefficient (Wildman–Crippen LogP) is 0.564. The Kier molecular flexibility index (Phi) is 7.13. The number of nitrogens with zero attached hydrogens (tertiary/aromatic N) is 6. The minimum absolute atomic E-state index is 0.0367. The van der Waals surface area contributed by atoms with Crippen molar-refractivity contribution in [3.63, 3.8) is 0 Å². The number of aromatic amines is 1. The highest BCUT2D eigenvalue weighted by Crippen LogP contribution is 2.32. The Morgan fingerprint density at radius 2 is 1.97 bits per heavy atom. The third-order valence-corrected chi connectivity index (χ3v) is 6.31. The number of carbonyl (C=O) groups is 1. The van der Waals surface area contributed by atoms with Crippen LogP contribution in [0.2, 0.25) is 0 Å². The van der Waals surface area contributed by atoms with Gasteiger partial charge in [0.2, 0.25) is 0 Å². The smallest absolute Gasteiger partial charge is 0.330 e. The van der Waals surface area contributed by atoms with E-state index in [-0.39, 0.29) is 13.0 Å². The van der Waals surface area contributed by atoms with Gasteiger partial charge < -0.3 is 14.7 Å². The van der Waals surface area contributed by atoms with Gasteiger partial charge in [-0.15, -0.1) is 0 Å². The Morgan fingerprint density at radius 3 is 2.65 bits per heavy atom. The van der Waals surface area contributed by atoms with Crippen molar-refractivity contribution in [2.75, 3.05) is 37.6 Å². The number of Topliss-reactive ketones (excluding diaryl/α,β-unsaturated/α-hetero) is 1. The monoisotopic (exact) mass is 469 g/mol. The predicted molar refractivity (Wildman–Crippen MR) is 124 cm³/mol. The summed E-state index contributed by atoms with van der Waals surface area (Å²) < 4.78 is 6.99. The molecule has 0 radical (unpaired) electrons. The van der Waals surface area contributed by atoms with Gasteiger partial charge >= 0.3 is 5.69 Å². The van der Waals surface area contributed by atoms with Gasteiger partial charge in [-0.05, 0) is 24.6 Å².